The van der Waals surface area contributed by atoms with Gasteiger partial charge < -0.3 is 0 Å². The summed E-state index contributed by atoms with van der Waals surface area (Å²) >= 11 is 0. The number of aryl methyl sites for hydroxylation is 1. The van der Waals surface area contributed by atoms with Crippen LogP contribution in [0.3, 0.4) is 0 Å². The van der Waals surface area contributed by atoms with E-state index in [0.717, 1.165) is 6.92 Å². The van der Waals surface area contributed by atoms with Crippen LogP contribution in [0, 0.1) is 17.0 Å². The third-order valence-corrected chi connectivity index (χ3v) is 1.99. The van der Waals surface area contributed by atoms with E-state index in [1.165, 1.54) is 0 Å². The average Bonchev–Trinajstić information content (AvgIpc) is 2.14. The minimum Gasteiger partial charge on any atom is -0.260 e. The maximum Gasteiger partial charge on any atom is 0.424 e. The molecule has 4 nitrogen and oxygen atoms in total. The Hall–Kier alpha value is -1.80. The summed E-state index contributed by atoms with van der Waals surface area (Å²) in [4.78, 5) is 12.1. The first-order valence-corrected chi connectivity index (χ1v) is 4.15. The van der Waals surface area contributed by atoms with Gasteiger partial charge in [0.1, 0.15) is 5.56 Å². The van der Waals surface area contributed by atoms with Crippen LogP contribution in [0.2, 0.25) is 0 Å². The molecule has 0 radical (unpaired) electrons. The Balaban J connectivity index is 3.66. The monoisotopic (exact) mass is 256 g/mol. The van der Waals surface area contributed by atoms with Crippen molar-refractivity contribution < 1.29 is 26.9 Å². The molecule has 1 aromatic rings. The van der Waals surface area contributed by atoms with Crippen LogP contribution in [0.5, 0.6) is 0 Å². The van der Waals surface area contributed by atoms with Crippen molar-refractivity contribution in [2.75, 3.05) is 0 Å². The molecule has 0 unspecified atom stereocenters. The van der Waals surface area contributed by atoms with E-state index in [4.69, 9.17) is 0 Å². The largest absolute Gasteiger partial charge is 0.424 e. The number of nitrogens with zero attached hydrogens (tertiary/aromatic N) is 2. The van der Waals surface area contributed by atoms with Crippen LogP contribution in [0.4, 0.5) is 27.6 Å². The first kappa shape index (κ1) is 13.3. The first-order valence-electron chi connectivity index (χ1n) is 4.15. The molecule has 0 saturated heterocycles. The molecule has 0 spiro atoms. The van der Waals surface area contributed by atoms with Gasteiger partial charge in [-0.3, -0.25) is 15.1 Å². The molecule has 1 rings (SSSR count). The summed E-state index contributed by atoms with van der Waals surface area (Å²) in [6.07, 6.45) is -8.32. The SMILES string of the molecule is Cc1ncc(C(F)(F)F)c([N+](=O)[O-])c1C(F)F. The first-order chi connectivity index (χ1) is 7.66. The fourth-order valence-corrected chi connectivity index (χ4v) is 1.27. The van der Waals surface area contributed by atoms with Gasteiger partial charge >= 0.3 is 6.18 Å². The predicted octanol–water partition coefficient (Wildman–Crippen LogP) is 3.25. The number of hydrogen-bond acceptors (Lipinski definition) is 3. The zero-order valence-corrected chi connectivity index (χ0v) is 8.26. The normalized spacial score (nSPS) is 11.9. The van der Waals surface area contributed by atoms with E-state index < -0.39 is 40.0 Å². The Morgan fingerprint density at radius 3 is 2.29 bits per heavy atom. The molecule has 0 amide bonds. The summed E-state index contributed by atoms with van der Waals surface area (Å²) in [6, 6.07) is 0. The minimum atomic E-state index is -5.10. The smallest absolute Gasteiger partial charge is 0.260 e. The van der Waals surface area contributed by atoms with Gasteiger partial charge in [0.2, 0.25) is 0 Å². The van der Waals surface area contributed by atoms with Gasteiger partial charge in [-0.05, 0) is 6.92 Å². The molecule has 0 bridgehead atoms. The van der Waals surface area contributed by atoms with Gasteiger partial charge in [0, 0.05) is 6.20 Å². The van der Waals surface area contributed by atoms with Gasteiger partial charge in [0.25, 0.3) is 12.1 Å². The van der Waals surface area contributed by atoms with E-state index in [-0.39, 0.29) is 6.20 Å². The van der Waals surface area contributed by atoms with Crippen LogP contribution in [0.15, 0.2) is 6.20 Å². The van der Waals surface area contributed by atoms with Crippen molar-refractivity contribution in [3.05, 3.63) is 33.1 Å². The molecular weight excluding hydrogens is 251 g/mol. The van der Waals surface area contributed by atoms with E-state index in [9.17, 15) is 32.1 Å². The van der Waals surface area contributed by atoms with Crippen molar-refractivity contribution in [2.24, 2.45) is 0 Å². The summed E-state index contributed by atoms with van der Waals surface area (Å²) in [5, 5.41) is 10.5. The fourth-order valence-electron chi connectivity index (χ4n) is 1.27. The van der Waals surface area contributed by atoms with Gasteiger partial charge in [-0.1, -0.05) is 0 Å². The summed E-state index contributed by atoms with van der Waals surface area (Å²) in [6.45, 7) is 0.981. The molecular formula is C8H5F5N2O2. The van der Waals surface area contributed by atoms with Crippen molar-refractivity contribution in [2.45, 2.75) is 19.5 Å². The molecule has 17 heavy (non-hydrogen) atoms. The molecule has 0 aliphatic rings. The fraction of sp³-hybridized carbons (Fsp3) is 0.375. The highest BCUT2D eigenvalue weighted by atomic mass is 19.4. The van der Waals surface area contributed by atoms with Crippen LogP contribution >= 0.6 is 0 Å². The zero-order chi connectivity index (χ0) is 13.4. The second-order valence-corrected chi connectivity index (χ2v) is 3.08. The molecule has 0 fully saturated rings. The molecule has 0 N–H and O–H groups in total. The van der Waals surface area contributed by atoms with Crippen LogP contribution in [0.25, 0.3) is 0 Å². The number of alkyl halides is 5. The lowest BCUT2D eigenvalue weighted by Crippen LogP contribution is -2.13. The summed E-state index contributed by atoms with van der Waals surface area (Å²) in [5.74, 6) is 0. The lowest BCUT2D eigenvalue weighted by atomic mass is 10.1. The topological polar surface area (TPSA) is 56.0 Å². The van der Waals surface area contributed by atoms with Crippen LogP contribution < -0.4 is 0 Å². The van der Waals surface area contributed by atoms with Gasteiger partial charge in [-0.15, -0.1) is 0 Å². The third kappa shape index (κ3) is 2.48. The molecule has 0 atom stereocenters. The molecule has 0 aliphatic carbocycles. The Bertz CT molecular complexity index is 458. The summed E-state index contributed by atoms with van der Waals surface area (Å²) < 4.78 is 62.2. The van der Waals surface area contributed by atoms with Gasteiger partial charge in [0.15, 0.2) is 5.56 Å². The van der Waals surface area contributed by atoms with Gasteiger partial charge in [-0.25, -0.2) is 8.78 Å². The molecule has 0 saturated carbocycles. The molecule has 9 heteroatoms. The van der Waals surface area contributed by atoms with E-state index in [2.05, 4.69) is 4.98 Å². The molecule has 94 valence electrons. The molecule has 0 aliphatic heterocycles. The standard InChI is InChI=1S/C8H5F5N2O2/c1-3-5(7(9)10)6(15(16)17)4(2-14-3)8(11,12)13/h2,7H,1H3. The number of rotatable bonds is 2. The highest BCUT2D eigenvalue weighted by Gasteiger charge is 2.42. The Morgan fingerprint density at radius 2 is 1.94 bits per heavy atom. The Kier molecular flexibility index (Phi) is 3.30. The molecule has 1 aromatic heterocycles. The summed E-state index contributed by atoms with van der Waals surface area (Å²) in [5.41, 5.74) is -5.21. The predicted molar refractivity (Wildman–Crippen MR) is 45.6 cm³/mol. The van der Waals surface area contributed by atoms with E-state index in [1.54, 1.807) is 0 Å². The van der Waals surface area contributed by atoms with Crippen molar-refractivity contribution >= 4 is 5.69 Å². The average molecular weight is 256 g/mol. The van der Waals surface area contributed by atoms with Crippen LogP contribution in [-0.2, 0) is 6.18 Å². The summed E-state index contributed by atoms with van der Waals surface area (Å²) in [7, 11) is 0. The van der Waals surface area contributed by atoms with E-state index in [1.807, 2.05) is 0 Å². The number of hydrogen-bond donors (Lipinski definition) is 0. The van der Waals surface area contributed by atoms with Gasteiger partial charge in [0.05, 0.1) is 10.6 Å². The highest BCUT2D eigenvalue weighted by Crippen LogP contribution is 2.41. The van der Waals surface area contributed by atoms with E-state index >= 15 is 0 Å². The quantitative estimate of drug-likeness (QED) is 0.463. The van der Waals surface area contributed by atoms with Crippen molar-refractivity contribution in [3.63, 3.8) is 0 Å². The maximum atomic E-state index is 12.5. The molecule has 0 aromatic carbocycles. The van der Waals surface area contributed by atoms with Crippen molar-refractivity contribution in [1.29, 1.82) is 0 Å². The second kappa shape index (κ2) is 4.22. The Morgan fingerprint density at radius 1 is 1.41 bits per heavy atom. The minimum absolute atomic E-state index is 0.180. The van der Waals surface area contributed by atoms with Crippen molar-refractivity contribution in [3.8, 4) is 0 Å². The van der Waals surface area contributed by atoms with Crippen molar-refractivity contribution in [1.82, 2.24) is 4.98 Å². The number of aromatic nitrogens is 1. The number of nitro groups is 1. The lowest BCUT2D eigenvalue weighted by molar-refractivity contribution is -0.389. The number of pyridine rings is 1. The molecule has 1 heterocycles. The Labute approximate surface area is 91.2 Å². The van der Waals surface area contributed by atoms with E-state index in [0.29, 0.717) is 0 Å². The lowest BCUT2D eigenvalue weighted by Gasteiger charge is -2.11. The second-order valence-electron chi connectivity index (χ2n) is 3.08. The number of halogens is 5. The van der Waals surface area contributed by atoms with Crippen LogP contribution in [-0.4, -0.2) is 9.91 Å². The zero-order valence-electron chi connectivity index (χ0n) is 8.26. The third-order valence-electron chi connectivity index (χ3n) is 1.99. The maximum absolute atomic E-state index is 12.5. The highest BCUT2D eigenvalue weighted by molar-refractivity contribution is 5.50. The van der Waals surface area contributed by atoms with Crippen LogP contribution in [0.1, 0.15) is 23.2 Å². The van der Waals surface area contributed by atoms with Gasteiger partial charge in [-0.2, -0.15) is 13.2 Å².